The molecule has 0 aliphatic rings. The lowest BCUT2D eigenvalue weighted by atomic mass is 10.1. The number of fused-ring (bicyclic) bond motifs is 1. The molecule has 0 unspecified atom stereocenters. The average molecular weight is 310 g/mol. The number of aryl methyl sites for hydroxylation is 3. The molecule has 23 heavy (non-hydrogen) atoms. The molecule has 0 aliphatic heterocycles. The van der Waals surface area contributed by atoms with Crippen molar-refractivity contribution in [2.24, 2.45) is 0 Å². The number of rotatable bonds is 4. The highest BCUT2D eigenvalue weighted by molar-refractivity contribution is 5.57. The zero-order valence-electron chi connectivity index (χ0n) is 13.3. The molecule has 0 saturated heterocycles. The fraction of sp³-hybridized carbons (Fsp3) is 0.235. The number of anilines is 1. The summed E-state index contributed by atoms with van der Waals surface area (Å²) >= 11 is 0. The summed E-state index contributed by atoms with van der Waals surface area (Å²) in [7, 11) is 0. The lowest BCUT2D eigenvalue weighted by Crippen LogP contribution is -2.05. The van der Waals surface area contributed by atoms with Crippen LogP contribution in [0.3, 0.4) is 0 Å². The molecule has 2 aromatic heterocycles. The van der Waals surface area contributed by atoms with Gasteiger partial charge in [0.15, 0.2) is 0 Å². The van der Waals surface area contributed by atoms with E-state index in [1.807, 2.05) is 49.6 Å². The van der Waals surface area contributed by atoms with Gasteiger partial charge in [0.2, 0.25) is 0 Å². The van der Waals surface area contributed by atoms with E-state index >= 15 is 0 Å². The van der Waals surface area contributed by atoms with Crippen molar-refractivity contribution in [1.82, 2.24) is 9.38 Å². The first-order valence-corrected chi connectivity index (χ1v) is 7.39. The first-order chi connectivity index (χ1) is 11.0. The standard InChI is InChI=1S/C17H18N4O2/c1-11-5-4-6-16(21(22)23)15(11)10-18-14-7-8-20-13(3)12(2)19-17(20)9-14/h4-9,18H,10H2,1-3H3. The molecule has 0 bridgehead atoms. The fourth-order valence-electron chi connectivity index (χ4n) is 2.67. The number of imidazole rings is 1. The topological polar surface area (TPSA) is 72.5 Å². The number of aromatic nitrogens is 2. The van der Waals surface area contributed by atoms with Gasteiger partial charge in [-0.1, -0.05) is 12.1 Å². The van der Waals surface area contributed by atoms with Crippen molar-refractivity contribution in [3.8, 4) is 0 Å². The van der Waals surface area contributed by atoms with E-state index in [4.69, 9.17) is 0 Å². The van der Waals surface area contributed by atoms with Gasteiger partial charge in [0.05, 0.1) is 16.2 Å². The second-order valence-electron chi connectivity index (χ2n) is 5.61. The molecule has 0 radical (unpaired) electrons. The van der Waals surface area contributed by atoms with Gasteiger partial charge in [0.25, 0.3) is 5.69 Å². The maximum atomic E-state index is 11.2. The van der Waals surface area contributed by atoms with Crippen LogP contribution in [0.2, 0.25) is 0 Å². The third-order valence-electron chi connectivity index (χ3n) is 4.15. The molecule has 0 aliphatic carbocycles. The van der Waals surface area contributed by atoms with Gasteiger partial charge in [-0.2, -0.15) is 0 Å². The monoisotopic (exact) mass is 310 g/mol. The lowest BCUT2D eigenvalue weighted by Gasteiger charge is -2.10. The van der Waals surface area contributed by atoms with Crippen LogP contribution in [0.25, 0.3) is 5.65 Å². The van der Waals surface area contributed by atoms with E-state index in [0.29, 0.717) is 12.1 Å². The molecule has 3 aromatic rings. The predicted molar refractivity (Wildman–Crippen MR) is 89.8 cm³/mol. The minimum atomic E-state index is -0.339. The Balaban J connectivity index is 1.88. The number of hydrogen-bond donors (Lipinski definition) is 1. The van der Waals surface area contributed by atoms with Crippen LogP contribution < -0.4 is 5.32 Å². The SMILES string of the molecule is Cc1cccc([N+](=O)[O-])c1CNc1ccn2c(C)c(C)nc2c1. The number of pyridine rings is 1. The van der Waals surface area contributed by atoms with Gasteiger partial charge in [-0.05, 0) is 32.4 Å². The van der Waals surface area contributed by atoms with Crippen LogP contribution in [0, 0.1) is 30.9 Å². The molecule has 0 saturated carbocycles. The van der Waals surface area contributed by atoms with Crippen LogP contribution in [0.5, 0.6) is 0 Å². The van der Waals surface area contributed by atoms with Crippen LogP contribution in [-0.2, 0) is 6.54 Å². The van der Waals surface area contributed by atoms with Crippen molar-refractivity contribution in [3.63, 3.8) is 0 Å². The highest BCUT2D eigenvalue weighted by atomic mass is 16.6. The van der Waals surface area contributed by atoms with Gasteiger partial charge in [-0.3, -0.25) is 10.1 Å². The highest BCUT2D eigenvalue weighted by Crippen LogP contribution is 2.23. The van der Waals surface area contributed by atoms with Crippen molar-refractivity contribution < 1.29 is 4.92 Å². The summed E-state index contributed by atoms with van der Waals surface area (Å²) in [5.74, 6) is 0. The van der Waals surface area contributed by atoms with Crippen molar-refractivity contribution in [1.29, 1.82) is 0 Å². The Hall–Kier alpha value is -2.89. The average Bonchev–Trinajstić information content (AvgIpc) is 2.80. The smallest absolute Gasteiger partial charge is 0.274 e. The quantitative estimate of drug-likeness (QED) is 0.588. The molecule has 1 aromatic carbocycles. The first-order valence-electron chi connectivity index (χ1n) is 7.39. The summed E-state index contributed by atoms with van der Waals surface area (Å²) in [6, 6.07) is 9.03. The molecule has 0 atom stereocenters. The molecule has 2 heterocycles. The number of nitro groups is 1. The lowest BCUT2D eigenvalue weighted by molar-refractivity contribution is -0.385. The van der Waals surface area contributed by atoms with E-state index in [2.05, 4.69) is 10.3 Å². The number of nitrogens with one attached hydrogen (secondary N) is 1. The fourth-order valence-corrected chi connectivity index (χ4v) is 2.67. The minimum absolute atomic E-state index is 0.145. The van der Waals surface area contributed by atoms with Crippen LogP contribution in [0.1, 0.15) is 22.5 Å². The molecule has 0 spiro atoms. The summed E-state index contributed by atoms with van der Waals surface area (Å²) in [6.07, 6.45) is 1.96. The normalized spacial score (nSPS) is 10.9. The maximum absolute atomic E-state index is 11.2. The second kappa shape index (κ2) is 5.72. The van der Waals surface area contributed by atoms with Gasteiger partial charge in [-0.25, -0.2) is 4.98 Å². The summed E-state index contributed by atoms with van der Waals surface area (Å²) in [4.78, 5) is 15.3. The zero-order valence-corrected chi connectivity index (χ0v) is 13.3. The molecule has 6 heteroatoms. The third-order valence-corrected chi connectivity index (χ3v) is 4.15. The summed E-state index contributed by atoms with van der Waals surface area (Å²) < 4.78 is 2.02. The molecule has 6 nitrogen and oxygen atoms in total. The van der Waals surface area contributed by atoms with Crippen LogP contribution in [0.15, 0.2) is 36.5 Å². The Kier molecular flexibility index (Phi) is 3.73. The van der Waals surface area contributed by atoms with E-state index in [9.17, 15) is 10.1 Å². The van der Waals surface area contributed by atoms with Gasteiger partial charge >= 0.3 is 0 Å². The van der Waals surface area contributed by atoms with Crippen molar-refractivity contribution >= 4 is 17.0 Å². The second-order valence-corrected chi connectivity index (χ2v) is 5.61. The summed E-state index contributed by atoms with van der Waals surface area (Å²) in [5.41, 5.74) is 5.61. The van der Waals surface area contributed by atoms with Crippen LogP contribution in [0.4, 0.5) is 11.4 Å². The van der Waals surface area contributed by atoms with Gasteiger partial charge in [0, 0.05) is 36.3 Å². The number of nitrogens with zero attached hydrogens (tertiary/aromatic N) is 3. The van der Waals surface area contributed by atoms with Gasteiger partial charge < -0.3 is 9.72 Å². The molecular weight excluding hydrogens is 292 g/mol. The summed E-state index contributed by atoms with van der Waals surface area (Å²) in [6.45, 7) is 6.29. The largest absolute Gasteiger partial charge is 0.381 e. The third kappa shape index (κ3) is 2.75. The van der Waals surface area contributed by atoms with E-state index in [0.717, 1.165) is 28.3 Å². The van der Waals surface area contributed by atoms with Crippen molar-refractivity contribution in [2.75, 3.05) is 5.32 Å². The van der Waals surface area contributed by atoms with Crippen molar-refractivity contribution in [2.45, 2.75) is 27.3 Å². The van der Waals surface area contributed by atoms with Crippen molar-refractivity contribution in [3.05, 3.63) is 69.2 Å². The zero-order chi connectivity index (χ0) is 16.6. The Morgan fingerprint density at radius 2 is 2.04 bits per heavy atom. The van der Waals surface area contributed by atoms with E-state index < -0.39 is 0 Å². The van der Waals surface area contributed by atoms with E-state index in [-0.39, 0.29) is 10.6 Å². The molecule has 0 amide bonds. The van der Waals surface area contributed by atoms with E-state index in [1.165, 1.54) is 6.07 Å². The summed E-state index contributed by atoms with van der Waals surface area (Å²) in [5, 5.41) is 14.4. The van der Waals surface area contributed by atoms with Crippen LogP contribution >= 0.6 is 0 Å². The predicted octanol–water partition coefficient (Wildman–Crippen LogP) is 3.78. The Morgan fingerprint density at radius 3 is 2.78 bits per heavy atom. The highest BCUT2D eigenvalue weighted by Gasteiger charge is 2.15. The van der Waals surface area contributed by atoms with Crippen LogP contribution in [-0.4, -0.2) is 14.3 Å². The maximum Gasteiger partial charge on any atom is 0.274 e. The van der Waals surface area contributed by atoms with Gasteiger partial charge in [-0.15, -0.1) is 0 Å². The molecule has 1 N–H and O–H groups in total. The molecule has 0 fully saturated rings. The molecular formula is C17H18N4O2. The number of nitro benzene ring substituents is 1. The first kappa shape index (κ1) is 15.0. The minimum Gasteiger partial charge on any atom is -0.381 e. The van der Waals surface area contributed by atoms with Gasteiger partial charge in [0.1, 0.15) is 5.65 Å². The molecule has 3 rings (SSSR count). The van der Waals surface area contributed by atoms with E-state index in [1.54, 1.807) is 6.07 Å². The molecule has 118 valence electrons. The Labute approximate surface area is 133 Å². The Morgan fingerprint density at radius 1 is 1.26 bits per heavy atom. The number of benzene rings is 1. The number of hydrogen-bond acceptors (Lipinski definition) is 4. The Bertz CT molecular complexity index is 899.